The van der Waals surface area contributed by atoms with Gasteiger partial charge in [0.05, 0.1) is 12.1 Å². The first-order valence-electron chi connectivity index (χ1n) is 8.74. The highest BCUT2D eigenvalue weighted by molar-refractivity contribution is 5.78. The Hall–Kier alpha value is -3.88. The third-order valence-electron chi connectivity index (χ3n) is 4.33. The van der Waals surface area contributed by atoms with Crippen LogP contribution in [0.5, 0.6) is 0 Å². The smallest absolute Gasteiger partial charge is 0.290 e. The molecule has 0 fully saturated rings. The minimum atomic E-state index is -0.457. The van der Waals surface area contributed by atoms with Crippen LogP contribution in [0.15, 0.2) is 59.4 Å². The lowest BCUT2D eigenvalue weighted by Gasteiger charge is -2.06. The summed E-state index contributed by atoms with van der Waals surface area (Å²) < 4.78 is 27.4. The number of halogens is 2. The van der Waals surface area contributed by atoms with Crippen molar-refractivity contribution in [1.29, 1.82) is 0 Å². The quantitative estimate of drug-likeness (QED) is 0.542. The molecule has 0 atom stereocenters. The van der Waals surface area contributed by atoms with Crippen LogP contribution in [-0.2, 0) is 17.8 Å². The normalized spacial score (nSPS) is 11.0. The Morgan fingerprint density at radius 2 is 1.69 bits per heavy atom. The highest BCUT2D eigenvalue weighted by atomic mass is 19.1. The Morgan fingerprint density at radius 1 is 1.03 bits per heavy atom. The van der Waals surface area contributed by atoms with Crippen LogP contribution in [0.3, 0.4) is 0 Å². The van der Waals surface area contributed by atoms with Gasteiger partial charge in [0.15, 0.2) is 5.82 Å². The van der Waals surface area contributed by atoms with Gasteiger partial charge in [-0.3, -0.25) is 9.59 Å². The molecule has 146 valence electrons. The number of hydrogen-bond donors (Lipinski definition) is 2. The molecule has 0 spiro atoms. The number of carbonyl (C=O) groups excluding carboxylic acids is 1. The zero-order valence-electron chi connectivity index (χ0n) is 15.0. The van der Waals surface area contributed by atoms with E-state index < -0.39 is 5.56 Å². The molecule has 9 heteroatoms. The van der Waals surface area contributed by atoms with Crippen molar-refractivity contribution in [1.82, 2.24) is 25.1 Å². The summed E-state index contributed by atoms with van der Waals surface area (Å²) in [6.45, 7) is 0.228. The summed E-state index contributed by atoms with van der Waals surface area (Å²) in [6.07, 6.45) is -0.126. The molecule has 7 nitrogen and oxygen atoms in total. The van der Waals surface area contributed by atoms with Crippen LogP contribution in [0.25, 0.3) is 16.8 Å². The summed E-state index contributed by atoms with van der Waals surface area (Å²) in [6, 6.07) is 13.0. The minimum absolute atomic E-state index is 0.126. The molecular formula is C20H15F2N5O2. The monoisotopic (exact) mass is 395 g/mol. The van der Waals surface area contributed by atoms with Crippen molar-refractivity contribution in [3.05, 3.63) is 88.0 Å². The Morgan fingerprint density at radius 3 is 2.38 bits per heavy atom. The second-order valence-corrected chi connectivity index (χ2v) is 6.38. The van der Waals surface area contributed by atoms with Gasteiger partial charge in [-0.1, -0.05) is 12.1 Å². The Bertz CT molecular complexity index is 1230. The molecular weight excluding hydrogens is 380 g/mol. The van der Waals surface area contributed by atoms with Crippen LogP contribution >= 0.6 is 0 Å². The zero-order valence-corrected chi connectivity index (χ0v) is 15.0. The second-order valence-electron chi connectivity index (χ2n) is 6.38. The summed E-state index contributed by atoms with van der Waals surface area (Å²) in [5.41, 5.74) is 1.59. The van der Waals surface area contributed by atoms with Crippen LogP contribution in [0.1, 0.15) is 11.4 Å². The molecule has 2 N–H and O–H groups in total. The molecule has 2 aromatic heterocycles. The van der Waals surface area contributed by atoms with Gasteiger partial charge in [0.25, 0.3) is 5.56 Å². The van der Waals surface area contributed by atoms with E-state index in [0.717, 1.165) is 5.56 Å². The van der Waals surface area contributed by atoms with E-state index in [1.165, 1.54) is 28.8 Å². The number of nitrogens with zero attached hydrogens (tertiary/aromatic N) is 3. The molecule has 0 saturated carbocycles. The highest BCUT2D eigenvalue weighted by Crippen LogP contribution is 2.19. The molecule has 29 heavy (non-hydrogen) atoms. The number of amides is 1. The summed E-state index contributed by atoms with van der Waals surface area (Å²) in [5, 5.41) is 13.3. The van der Waals surface area contributed by atoms with Crippen molar-refractivity contribution in [2.24, 2.45) is 0 Å². The first-order valence-corrected chi connectivity index (χ1v) is 8.74. The van der Waals surface area contributed by atoms with Crippen LogP contribution in [0, 0.1) is 11.6 Å². The molecule has 0 aliphatic rings. The van der Waals surface area contributed by atoms with E-state index in [1.54, 1.807) is 30.3 Å². The number of fused-ring (bicyclic) bond motifs is 1. The third kappa shape index (κ3) is 4.03. The van der Waals surface area contributed by atoms with Crippen molar-refractivity contribution in [2.75, 3.05) is 0 Å². The highest BCUT2D eigenvalue weighted by Gasteiger charge is 2.14. The number of carbonyl (C=O) groups is 1. The number of aromatic amines is 1. The van der Waals surface area contributed by atoms with E-state index in [4.69, 9.17) is 0 Å². The van der Waals surface area contributed by atoms with Gasteiger partial charge in [0, 0.05) is 12.1 Å². The molecule has 0 aliphatic carbocycles. The van der Waals surface area contributed by atoms with E-state index in [0.29, 0.717) is 11.3 Å². The van der Waals surface area contributed by atoms with Gasteiger partial charge in [-0.15, -0.1) is 0 Å². The molecule has 0 aliphatic heterocycles. The fourth-order valence-electron chi connectivity index (χ4n) is 2.84. The Balaban J connectivity index is 1.56. The fraction of sp³-hybridized carbons (Fsp3) is 0.100. The van der Waals surface area contributed by atoms with Gasteiger partial charge in [-0.2, -0.15) is 10.2 Å². The summed E-state index contributed by atoms with van der Waals surface area (Å²) in [5.74, 6) is -0.829. The number of hydrogen-bond acceptors (Lipinski definition) is 4. The second kappa shape index (κ2) is 7.63. The van der Waals surface area contributed by atoms with Crippen LogP contribution in [-0.4, -0.2) is 25.7 Å². The van der Waals surface area contributed by atoms with Crippen molar-refractivity contribution in [2.45, 2.75) is 13.0 Å². The molecule has 0 radical (unpaired) electrons. The van der Waals surface area contributed by atoms with Gasteiger partial charge >= 0.3 is 0 Å². The van der Waals surface area contributed by atoms with Crippen LogP contribution in [0.4, 0.5) is 8.78 Å². The molecule has 0 saturated heterocycles. The number of aromatic nitrogens is 4. The van der Waals surface area contributed by atoms with E-state index in [2.05, 4.69) is 20.6 Å². The maximum Gasteiger partial charge on any atom is 0.290 e. The maximum absolute atomic E-state index is 13.1. The Kier molecular flexibility index (Phi) is 4.86. The lowest BCUT2D eigenvalue weighted by atomic mass is 10.1. The van der Waals surface area contributed by atoms with Crippen molar-refractivity contribution < 1.29 is 13.6 Å². The predicted octanol–water partition coefficient (Wildman–Crippen LogP) is 2.22. The van der Waals surface area contributed by atoms with Crippen molar-refractivity contribution in [3.63, 3.8) is 0 Å². The topological polar surface area (TPSA) is 92.2 Å². The molecule has 0 bridgehead atoms. The summed E-state index contributed by atoms with van der Waals surface area (Å²) >= 11 is 0. The van der Waals surface area contributed by atoms with E-state index in [9.17, 15) is 18.4 Å². The molecule has 2 aromatic carbocycles. The standard InChI is InChI=1S/C20H15F2N5O2/c21-14-5-1-12(2-6-14)11-23-19(28)10-18-24-25-20(29)17-9-16(26-27(17)18)13-3-7-15(22)8-4-13/h1-9H,10-11H2,(H,23,28)(H,25,29). The summed E-state index contributed by atoms with van der Waals surface area (Å²) in [7, 11) is 0. The fourth-order valence-corrected chi connectivity index (χ4v) is 2.84. The van der Waals surface area contributed by atoms with Gasteiger partial charge in [-0.05, 0) is 48.0 Å². The van der Waals surface area contributed by atoms with Crippen molar-refractivity contribution in [3.8, 4) is 11.3 Å². The summed E-state index contributed by atoms with van der Waals surface area (Å²) in [4.78, 5) is 24.4. The van der Waals surface area contributed by atoms with E-state index in [-0.39, 0.29) is 41.8 Å². The van der Waals surface area contributed by atoms with Gasteiger partial charge in [0.2, 0.25) is 5.91 Å². The van der Waals surface area contributed by atoms with Crippen molar-refractivity contribution >= 4 is 11.4 Å². The largest absolute Gasteiger partial charge is 0.352 e. The maximum atomic E-state index is 13.1. The average Bonchev–Trinajstić information content (AvgIpc) is 3.17. The van der Waals surface area contributed by atoms with Crippen LogP contribution in [0.2, 0.25) is 0 Å². The predicted molar refractivity (Wildman–Crippen MR) is 101 cm³/mol. The number of H-pyrrole nitrogens is 1. The van der Waals surface area contributed by atoms with Crippen LogP contribution < -0.4 is 10.9 Å². The third-order valence-corrected chi connectivity index (χ3v) is 4.33. The molecule has 4 aromatic rings. The zero-order chi connectivity index (χ0) is 20.4. The first-order chi connectivity index (χ1) is 14.0. The Labute approximate surface area is 163 Å². The molecule has 4 rings (SSSR count). The number of benzene rings is 2. The van der Waals surface area contributed by atoms with Gasteiger partial charge in [-0.25, -0.2) is 18.4 Å². The molecule has 0 unspecified atom stereocenters. The minimum Gasteiger partial charge on any atom is -0.352 e. The van der Waals surface area contributed by atoms with Gasteiger partial charge < -0.3 is 5.32 Å². The number of nitrogens with one attached hydrogen (secondary N) is 2. The molecule has 2 heterocycles. The first kappa shape index (κ1) is 18.5. The lowest BCUT2D eigenvalue weighted by molar-refractivity contribution is -0.120. The SMILES string of the molecule is O=C(Cc1n[nH]c(=O)c2cc(-c3ccc(F)cc3)nn12)NCc1ccc(F)cc1. The number of rotatable bonds is 5. The molecule has 1 amide bonds. The van der Waals surface area contributed by atoms with E-state index in [1.807, 2.05) is 0 Å². The average molecular weight is 395 g/mol. The van der Waals surface area contributed by atoms with Gasteiger partial charge in [0.1, 0.15) is 17.2 Å². The lowest BCUT2D eigenvalue weighted by Crippen LogP contribution is -2.27. The van der Waals surface area contributed by atoms with E-state index >= 15 is 0 Å².